The second-order valence-electron chi connectivity index (χ2n) is 4.73. The maximum Gasteiger partial charge on any atom is 0.393 e. The molecule has 1 atom stereocenters. The van der Waals surface area contributed by atoms with Crippen LogP contribution in [0.5, 0.6) is 0 Å². The maximum absolute atomic E-state index is 12.8. The predicted molar refractivity (Wildman–Crippen MR) is 73.8 cm³/mol. The fraction of sp³-hybridized carbons (Fsp3) is 0.462. The van der Waals surface area contributed by atoms with E-state index in [1.165, 1.54) is 4.90 Å². The van der Waals surface area contributed by atoms with Crippen molar-refractivity contribution in [3.05, 3.63) is 33.3 Å². The molecule has 1 saturated heterocycles. The quantitative estimate of drug-likeness (QED) is 0.712. The van der Waals surface area contributed by atoms with Crippen LogP contribution in [0.25, 0.3) is 0 Å². The predicted octanol–water partition coefficient (Wildman–Crippen LogP) is 4.52. The fourth-order valence-electron chi connectivity index (χ4n) is 2.27. The van der Waals surface area contributed by atoms with Gasteiger partial charge in [-0.1, -0.05) is 17.7 Å². The summed E-state index contributed by atoms with van der Waals surface area (Å²) in [7, 11) is 0. The number of halogens is 5. The molecule has 0 bridgehead atoms. The van der Waals surface area contributed by atoms with Gasteiger partial charge in [0.05, 0.1) is 16.5 Å². The maximum atomic E-state index is 12.8. The van der Waals surface area contributed by atoms with Crippen LogP contribution >= 0.6 is 27.5 Å². The number of carbonyl (C=O) groups excluding carboxylic acids is 1. The van der Waals surface area contributed by atoms with Gasteiger partial charge in [-0.3, -0.25) is 4.79 Å². The molecule has 0 radical (unpaired) electrons. The highest BCUT2D eigenvalue weighted by atomic mass is 79.9. The van der Waals surface area contributed by atoms with Gasteiger partial charge in [0, 0.05) is 17.6 Å². The molecule has 7 heteroatoms. The Bertz CT molecular complexity index is 521. The zero-order chi connectivity index (χ0) is 14.9. The number of likely N-dealkylation sites (tertiary alicyclic amines) is 1. The highest BCUT2D eigenvalue weighted by Crippen LogP contribution is 2.34. The van der Waals surface area contributed by atoms with Crippen molar-refractivity contribution >= 4 is 33.4 Å². The van der Waals surface area contributed by atoms with Gasteiger partial charge in [-0.2, -0.15) is 13.2 Å². The zero-order valence-electron chi connectivity index (χ0n) is 10.4. The molecule has 0 saturated carbocycles. The van der Waals surface area contributed by atoms with Crippen molar-refractivity contribution in [3.63, 3.8) is 0 Å². The minimum atomic E-state index is -4.26. The lowest BCUT2D eigenvalue weighted by atomic mass is 9.97. The standard InChI is InChI=1S/C13H12BrClF3NO/c14-11-9(4-1-5-10(11)15)12(20)19-6-2-3-8(7-19)13(16,17)18/h1,4-5,8H,2-3,6-7H2. The minimum absolute atomic E-state index is 0.0734. The first-order chi connectivity index (χ1) is 9.30. The van der Waals surface area contributed by atoms with Crippen LogP contribution < -0.4 is 0 Å². The highest BCUT2D eigenvalue weighted by molar-refractivity contribution is 9.10. The smallest absolute Gasteiger partial charge is 0.338 e. The van der Waals surface area contributed by atoms with Crippen LogP contribution in [-0.2, 0) is 0 Å². The lowest BCUT2D eigenvalue weighted by Crippen LogP contribution is -2.44. The van der Waals surface area contributed by atoms with Crippen LogP contribution in [0.3, 0.4) is 0 Å². The summed E-state index contributed by atoms with van der Waals surface area (Å²) in [6.07, 6.45) is -3.83. The van der Waals surface area contributed by atoms with Crippen molar-refractivity contribution in [2.45, 2.75) is 19.0 Å². The third kappa shape index (κ3) is 3.28. The van der Waals surface area contributed by atoms with Gasteiger partial charge in [0.2, 0.25) is 0 Å². The van der Waals surface area contributed by atoms with E-state index >= 15 is 0 Å². The van der Waals surface area contributed by atoms with Gasteiger partial charge in [-0.05, 0) is 40.9 Å². The monoisotopic (exact) mass is 369 g/mol. The average molecular weight is 371 g/mol. The second kappa shape index (κ2) is 5.93. The van der Waals surface area contributed by atoms with Gasteiger partial charge in [-0.15, -0.1) is 0 Å². The first-order valence-corrected chi connectivity index (χ1v) is 7.28. The van der Waals surface area contributed by atoms with E-state index in [0.29, 0.717) is 28.0 Å². The van der Waals surface area contributed by atoms with E-state index in [1.807, 2.05) is 0 Å². The summed E-state index contributed by atoms with van der Waals surface area (Å²) in [5, 5.41) is 0.361. The lowest BCUT2D eigenvalue weighted by molar-refractivity contribution is -0.184. The Morgan fingerprint density at radius 1 is 1.40 bits per heavy atom. The number of alkyl halides is 3. The van der Waals surface area contributed by atoms with Crippen LogP contribution in [-0.4, -0.2) is 30.1 Å². The first kappa shape index (κ1) is 15.6. The molecule has 1 unspecified atom stereocenters. The summed E-state index contributed by atoms with van der Waals surface area (Å²) in [4.78, 5) is 13.6. The number of carbonyl (C=O) groups is 1. The van der Waals surface area contributed by atoms with Crippen LogP contribution in [0.15, 0.2) is 22.7 Å². The number of piperidine rings is 1. The van der Waals surface area contributed by atoms with Gasteiger partial charge in [0.1, 0.15) is 0 Å². The van der Waals surface area contributed by atoms with Crippen molar-refractivity contribution in [3.8, 4) is 0 Å². The molecule has 0 spiro atoms. The molecular weight excluding hydrogens is 359 g/mol. The number of amides is 1. The Kier molecular flexibility index (Phi) is 4.64. The van der Waals surface area contributed by atoms with Crippen LogP contribution in [0, 0.1) is 5.92 Å². The second-order valence-corrected chi connectivity index (χ2v) is 5.93. The summed E-state index contributed by atoms with van der Waals surface area (Å²) in [6, 6.07) is 4.76. The molecule has 110 valence electrons. The number of rotatable bonds is 1. The van der Waals surface area contributed by atoms with Crippen molar-refractivity contribution in [1.82, 2.24) is 4.90 Å². The largest absolute Gasteiger partial charge is 0.393 e. The average Bonchev–Trinajstić information content (AvgIpc) is 2.40. The van der Waals surface area contributed by atoms with Gasteiger partial charge in [0.15, 0.2) is 0 Å². The Morgan fingerprint density at radius 3 is 2.75 bits per heavy atom. The fourth-order valence-corrected chi connectivity index (χ4v) is 2.88. The van der Waals surface area contributed by atoms with E-state index in [9.17, 15) is 18.0 Å². The summed E-state index contributed by atoms with van der Waals surface area (Å²) >= 11 is 9.10. The molecule has 1 aromatic rings. The van der Waals surface area contributed by atoms with E-state index < -0.39 is 18.0 Å². The molecule has 0 N–H and O–H groups in total. The van der Waals surface area contributed by atoms with Crippen molar-refractivity contribution in [1.29, 1.82) is 0 Å². The van der Waals surface area contributed by atoms with E-state index in [-0.39, 0.29) is 13.0 Å². The molecular formula is C13H12BrClF3NO. The third-order valence-corrected chi connectivity index (χ3v) is 4.75. The molecule has 2 nitrogen and oxygen atoms in total. The van der Waals surface area contributed by atoms with Crippen molar-refractivity contribution in [2.24, 2.45) is 5.92 Å². The molecule has 2 rings (SSSR count). The molecule has 20 heavy (non-hydrogen) atoms. The summed E-state index contributed by atoms with van der Waals surface area (Å²) in [5.74, 6) is -1.87. The molecule has 1 aliphatic heterocycles. The molecule has 1 amide bonds. The first-order valence-electron chi connectivity index (χ1n) is 6.10. The molecule has 1 aromatic carbocycles. The van der Waals surface area contributed by atoms with Crippen LogP contribution in [0.1, 0.15) is 23.2 Å². The van der Waals surface area contributed by atoms with E-state index in [4.69, 9.17) is 11.6 Å². The number of nitrogens with zero attached hydrogens (tertiary/aromatic N) is 1. The van der Waals surface area contributed by atoms with Crippen molar-refractivity contribution < 1.29 is 18.0 Å². The molecule has 1 heterocycles. The molecule has 0 aliphatic carbocycles. The number of hydrogen-bond donors (Lipinski definition) is 0. The summed E-state index contributed by atoms with van der Waals surface area (Å²) in [6.45, 7) is 0.0473. The molecule has 1 aliphatic rings. The van der Waals surface area contributed by atoms with Crippen LogP contribution in [0.4, 0.5) is 13.2 Å². The van der Waals surface area contributed by atoms with E-state index in [0.717, 1.165) is 0 Å². The Morgan fingerprint density at radius 2 is 2.10 bits per heavy atom. The SMILES string of the molecule is O=C(c1cccc(Cl)c1Br)N1CCCC(C(F)(F)F)C1. The van der Waals surface area contributed by atoms with Crippen molar-refractivity contribution in [2.75, 3.05) is 13.1 Å². The molecule has 1 fully saturated rings. The van der Waals surface area contributed by atoms with Gasteiger partial charge < -0.3 is 4.90 Å². The number of hydrogen-bond acceptors (Lipinski definition) is 1. The Hall–Kier alpha value is -0.750. The zero-order valence-corrected chi connectivity index (χ0v) is 12.7. The summed E-state index contributed by atoms with van der Waals surface area (Å²) in [5.41, 5.74) is 0.292. The van der Waals surface area contributed by atoms with E-state index in [2.05, 4.69) is 15.9 Å². The number of benzene rings is 1. The normalized spacial score (nSPS) is 20.1. The Labute approximate surface area is 128 Å². The van der Waals surface area contributed by atoms with E-state index in [1.54, 1.807) is 18.2 Å². The third-order valence-electron chi connectivity index (χ3n) is 3.35. The lowest BCUT2D eigenvalue weighted by Gasteiger charge is -2.34. The van der Waals surface area contributed by atoms with Gasteiger partial charge in [-0.25, -0.2) is 0 Å². The van der Waals surface area contributed by atoms with Gasteiger partial charge in [0.25, 0.3) is 5.91 Å². The molecule has 0 aromatic heterocycles. The van der Waals surface area contributed by atoms with Gasteiger partial charge >= 0.3 is 6.18 Å². The highest BCUT2D eigenvalue weighted by Gasteiger charge is 2.42. The Balaban J connectivity index is 2.19. The minimum Gasteiger partial charge on any atom is -0.338 e. The summed E-state index contributed by atoms with van der Waals surface area (Å²) < 4.78 is 38.7. The topological polar surface area (TPSA) is 20.3 Å². The van der Waals surface area contributed by atoms with Crippen LogP contribution in [0.2, 0.25) is 5.02 Å².